The molecule has 1 N–H and O–H groups in total. The zero-order valence-corrected chi connectivity index (χ0v) is 9.37. The second-order valence-corrected chi connectivity index (χ2v) is 4.68. The van der Waals surface area contributed by atoms with E-state index in [1.54, 1.807) is 0 Å². The fraction of sp³-hybridized carbons (Fsp3) is 0.800. The van der Waals surface area contributed by atoms with Crippen LogP contribution >= 0.6 is 0 Å². The second kappa shape index (κ2) is 4.11. The van der Waals surface area contributed by atoms with Crippen molar-refractivity contribution in [3.05, 3.63) is 0 Å². The Morgan fingerprint density at radius 3 is 2.56 bits per heavy atom. The summed E-state index contributed by atoms with van der Waals surface area (Å²) in [5.41, 5.74) is -1.39. The van der Waals surface area contributed by atoms with Gasteiger partial charge in [-0.05, 0) is 12.3 Å². The molecule has 0 spiro atoms. The number of halogens is 3. The minimum Gasteiger partial charge on any atom is -0.481 e. The predicted molar refractivity (Wildman–Crippen MR) is 51.6 cm³/mol. The fourth-order valence-electron chi connectivity index (χ4n) is 2.62. The molecular weight excluding hydrogens is 255 g/mol. The first-order valence-corrected chi connectivity index (χ1v) is 5.44. The molecule has 2 aliphatic rings. The van der Waals surface area contributed by atoms with Gasteiger partial charge in [0.15, 0.2) is 0 Å². The number of nitrogens with zero attached hydrogens (tertiary/aromatic N) is 1. The van der Waals surface area contributed by atoms with Gasteiger partial charge in [0, 0.05) is 19.7 Å². The third-order valence-electron chi connectivity index (χ3n) is 3.62. The van der Waals surface area contributed by atoms with Crippen LogP contribution in [0, 0.1) is 11.3 Å². The number of likely N-dealkylation sites (tertiary alicyclic amines) is 1. The molecule has 1 amide bonds. The number of hydrogen-bond acceptors (Lipinski definition) is 3. The lowest BCUT2D eigenvalue weighted by molar-refractivity contribution is -0.185. The standard InChI is InChI=1S/C10H12F3NO4/c11-10(12,13)7(15)14-3-6-1-2-18-5-9(6,4-14)8(16)17/h6H,1-5H2,(H,16,17)/t6-,9+/m1/s1. The average molecular weight is 267 g/mol. The summed E-state index contributed by atoms with van der Waals surface area (Å²) in [5.74, 6) is -3.66. The van der Waals surface area contributed by atoms with Gasteiger partial charge in [0.1, 0.15) is 5.41 Å². The molecule has 0 unspecified atom stereocenters. The predicted octanol–water partition coefficient (Wildman–Crippen LogP) is 0.498. The van der Waals surface area contributed by atoms with Gasteiger partial charge >= 0.3 is 18.1 Å². The summed E-state index contributed by atoms with van der Waals surface area (Å²) in [6.45, 7) is -0.443. The third-order valence-corrected chi connectivity index (χ3v) is 3.62. The summed E-state index contributed by atoms with van der Waals surface area (Å²) in [7, 11) is 0. The summed E-state index contributed by atoms with van der Waals surface area (Å²) < 4.78 is 42.1. The average Bonchev–Trinajstić information content (AvgIpc) is 2.67. The lowest BCUT2D eigenvalue weighted by Gasteiger charge is -2.33. The minimum absolute atomic E-state index is 0.144. The van der Waals surface area contributed by atoms with Gasteiger partial charge in [0.2, 0.25) is 0 Å². The molecule has 102 valence electrons. The van der Waals surface area contributed by atoms with Crippen LogP contribution in [-0.4, -0.2) is 54.4 Å². The smallest absolute Gasteiger partial charge is 0.471 e. The molecule has 2 fully saturated rings. The lowest BCUT2D eigenvalue weighted by Crippen LogP contribution is -2.47. The molecule has 2 heterocycles. The number of fused-ring (bicyclic) bond motifs is 1. The minimum atomic E-state index is -4.96. The van der Waals surface area contributed by atoms with E-state index >= 15 is 0 Å². The third kappa shape index (κ3) is 1.94. The van der Waals surface area contributed by atoms with Crippen molar-refractivity contribution < 1.29 is 32.6 Å². The van der Waals surface area contributed by atoms with Crippen molar-refractivity contribution in [2.45, 2.75) is 12.6 Å². The van der Waals surface area contributed by atoms with E-state index in [-0.39, 0.29) is 13.2 Å². The van der Waals surface area contributed by atoms with E-state index in [2.05, 4.69) is 0 Å². The fourth-order valence-corrected chi connectivity index (χ4v) is 2.62. The zero-order chi connectivity index (χ0) is 13.6. The van der Waals surface area contributed by atoms with Crippen LogP contribution in [0.2, 0.25) is 0 Å². The van der Waals surface area contributed by atoms with Gasteiger partial charge in [-0.3, -0.25) is 9.59 Å². The Bertz CT molecular complexity index is 384. The Morgan fingerprint density at radius 1 is 1.39 bits per heavy atom. The molecule has 0 saturated carbocycles. The molecule has 5 nitrogen and oxygen atoms in total. The van der Waals surface area contributed by atoms with Crippen LogP contribution in [0.4, 0.5) is 13.2 Å². The van der Waals surface area contributed by atoms with Crippen molar-refractivity contribution >= 4 is 11.9 Å². The van der Waals surface area contributed by atoms with Crippen LogP contribution in [0.25, 0.3) is 0 Å². The van der Waals surface area contributed by atoms with Crippen LogP contribution in [0.1, 0.15) is 6.42 Å². The van der Waals surface area contributed by atoms with Gasteiger partial charge in [-0.1, -0.05) is 0 Å². The largest absolute Gasteiger partial charge is 0.481 e. The number of carbonyl (C=O) groups excluding carboxylic acids is 1. The maximum atomic E-state index is 12.3. The first-order valence-electron chi connectivity index (χ1n) is 5.44. The van der Waals surface area contributed by atoms with Gasteiger partial charge in [-0.15, -0.1) is 0 Å². The van der Waals surface area contributed by atoms with E-state index in [0.29, 0.717) is 17.9 Å². The highest BCUT2D eigenvalue weighted by atomic mass is 19.4. The number of alkyl halides is 3. The first kappa shape index (κ1) is 13.1. The highest BCUT2D eigenvalue weighted by Gasteiger charge is 2.58. The topological polar surface area (TPSA) is 66.8 Å². The number of carboxylic acid groups (broad SMARTS) is 1. The summed E-state index contributed by atoms with van der Waals surface area (Å²) in [6, 6.07) is 0. The van der Waals surface area contributed by atoms with Crippen molar-refractivity contribution in [3.8, 4) is 0 Å². The Hall–Kier alpha value is -1.31. The number of aliphatic carboxylic acids is 1. The van der Waals surface area contributed by atoms with Crippen LogP contribution in [0.15, 0.2) is 0 Å². The molecule has 0 aliphatic carbocycles. The lowest BCUT2D eigenvalue weighted by atomic mass is 9.76. The van der Waals surface area contributed by atoms with Gasteiger partial charge in [0.05, 0.1) is 6.61 Å². The van der Waals surface area contributed by atoms with E-state index < -0.39 is 35.9 Å². The SMILES string of the molecule is O=C(N1C[C@H]2CCOC[C@@]2(C(=O)O)C1)C(F)(F)F. The number of carbonyl (C=O) groups is 2. The molecule has 8 heteroatoms. The first-order chi connectivity index (χ1) is 8.27. The number of carboxylic acids is 1. The Morgan fingerprint density at radius 2 is 2.06 bits per heavy atom. The van der Waals surface area contributed by atoms with Crippen molar-refractivity contribution in [2.75, 3.05) is 26.3 Å². The Kier molecular flexibility index (Phi) is 3.00. The molecule has 2 rings (SSSR count). The van der Waals surface area contributed by atoms with Crippen LogP contribution < -0.4 is 0 Å². The molecule has 0 radical (unpaired) electrons. The van der Waals surface area contributed by atoms with Crippen molar-refractivity contribution in [3.63, 3.8) is 0 Å². The number of hydrogen-bond donors (Lipinski definition) is 1. The molecule has 2 aliphatic heterocycles. The summed E-state index contributed by atoms with van der Waals surface area (Å²) in [5, 5.41) is 9.20. The van der Waals surface area contributed by atoms with Crippen LogP contribution in [0.3, 0.4) is 0 Å². The van der Waals surface area contributed by atoms with Gasteiger partial charge in [-0.2, -0.15) is 13.2 Å². The maximum Gasteiger partial charge on any atom is 0.471 e. The molecular formula is C10H12F3NO4. The molecule has 2 atom stereocenters. The second-order valence-electron chi connectivity index (χ2n) is 4.68. The molecule has 0 aromatic rings. The molecule has 2 saturated heterocycles. The molecule has 18 heavy (non-hydrogen) atoms. The highest BCUT2D eigenvalue weighted by Crippen LogP contribution is 2.42. The van der Waals surface area contributed by atoms with Crippen LogP contribution in [0.5, 0.6) is 0 Å². The Balaban J connectivity index is 2.22. The van der Waals surface area contributed by atoms with E-state index in [4.69, 9.17) is 4.74 Å². The monoisotopic (exact) mass is 267 g/mol. The van der Waals surface area contributed by atoms with Gasteiger partial charge in [-0.25, -0.2) is 0 Å². The zero-order valence-electron chi connectivity index (χ0n) is 9.37. The van der Waals surface area contributed by atoms with E-state index in [1.807, 2.05) is 0 Å². The van der Waals surface area contributed by atoms with E-state index in [0.717, 1.165) is 0 Å². The number of rotatable bonds is 1. The maximum absolute atomic E-state index is 12.3. The molecule has 0 aromatic carbocycles. The summed E-state index contributed by atoms with van der Waals surface area (Å²) >= 11 is 0. The van der Waals surface area contributed by atoms with Crippen molar-refractivity contribution in [1.82, 2.24) is 4.90 Å². The molecule has 0 bridgehead atoms. The van der Waals surface area contributed by atoms with Crippen molar-refractivity contribution in [1.29, 1.82) is 0 Å². The van der Waals surface area contributed by atoms with Crippen molar-refractivity contribution in [2.24, 2.45) is 11.3 Å². The van der Waals surface area contributed by atoms with Gasteiger partial charge in [0.25, 0.3) is 0 Å². The highest BCUT2D eigenvalue weighted by molar-refractivity contribution is 5.84. The van der Waals surface area contributed by atoms with E-state index in [1.165, 1.54) is 0 Å². The molecule has 0 aromatic heterocycles. The summed E-state index contributed by atoms with van der Waals surface area (Å²) in [4.78, 5) is 23.0. The quantitative estimate of drug-likeness (QED) is 0.751. The Labute approximate surface area is 100 Å². The van der Waals surface area contributed by atoms with Gasteiger partial charge < -0.3 is 14.7 Å². The summed E-state index contributed by atoms with van der Waals surface area (Å²) in [6.07, 6.45) is -4.61. The van der Waals surface area contributed by atoms with E-state index in [9.17, 15) is 27.9 Å². The number of ether oxygens (including phenoxy) is 1. The number of amides is 1. The normalized spacial score (nSPS) is 32.2. The van der Waals surface area contributed by atoms with Crippen LogP contribution in [-0.2, 0) is 14.3 Å².